The van der Waals surface area contributed by atoms with Crippen LogP contribution < -0.4 is 10.3 Å². The first-order valence-corrected chi connectivity index (χ1v) is 8.36. The number of rotatable bonds is 3. The number of piperidine rings is 1. The Balaban J connectivity index is 1.40. The lowest BCUT2D eigenvalue weighted by atomic mass is 10.1. The van der Waals surface area contributed by atoms with Crippen LogP contribution in [-0.2, 0) is 9.53 Å². The average Bonchev–Trinajstić information content (AvgIpc) is 3.04. The molecule has 4 rings (SSSR count). The van der Waals surface area contributed by atoms with Gasteiger partial charge in [0.05, 0.1) is 12.6 Å². The first-order chi connectivity index (χ1) is 11.7. The molecule has 1 N–H and O–H groups in total. The van der Waals surface area contributed by atoms with Gasteiger partial charge in [-0.25, -0.2) is 0 Å². The molecule has 7 heteroatoms. The number of carbonyl (C=O) groups is 1. The van der Waals surface area contributed by atoms with E-state index < -0.39 is 0 Å². The number of likely N-dealkylation sites (tertiary alicyclic amines) is 1. The first-order valence-electron chi connectivity index (χ1n) is 8.36. The zero-order valence-electron chi connectivity index (χ0n) is 13.4. The fourth-order valence-electron chi connectivity index (χ4n) is 3.40. The number of aliphatic imine (C=N–C) groups is 1. The summed E-state index contributed by atoms with van der Waals surface area (Å²) in [5.74, 6) is 1.49. The molecule has 1 aromatic heterocycles. The average molecular weight is 328 g/mol. The van der Waals surface area contributed by atoms with Gasteiger partial charge in [-0.1, -0.05) is 0 Å². The van der Waals surface area contributed by atoms with Gasteiger partial charge < -0.3 is 19.5 Å². The third-order valence-electron chi connectivity index (χ3n) is 4.69. The van der Waals surface area contributed by atoms with Gasteiger partial charge in [0, 0.05) is 31.6 Å². The van der Waals surface area contributed by atoms with Crippen LogP contribution in [0.5, 0.6) is 0 Å². The van der Waals surface area contributed by atoms with Gasteiger partial charge >= 0.3 is 0 Å². The molecule has 1 saturated heterocycles. The SMILES string of the molecule is O=C(COC1=CC2C=Nc3c([nH]ccc3=O)N2C1)N1CCCCC1. The summed E-state index contributed by atoms with van der Waals surface area (Å²) < 4.78 is 5.73. The minimum absolute atomic E-state index is 0.0444. The van der Waals surface area contributed by atoms with Gasteiger partial charge in [0.2, 0.25) is 5.43 Å². The fourth-order valence-corrected chi connectivity index (χ4v) is 3.40. The molecular formula is C17H20N4O3. The number of amides is 1. The van der Waals surface area contributed by atoms with E-state index in [2.05, 4.69) is 9.98 Å². The monoisotopic (exact) mass is 328 g/mol. The molecule has 1 atom stereocenters. The van der Waals surface area contributed by atoms with E-state index in [1.54, 1.807) is 12.4 Å². The molecule has 0 saturated carbocycles. The van der Waals surface area contributed by atoms with Crippen molar-refractivity contribution in [2.24, 2.45) is 4.99 Å². The van der Waals surface area contributed by atoms with Crippen molar-refractivity contribution in [2.45, 2.75) is 25.3 Å². The highest BCUT2D eigenvalue weighted by Crippen LogP contribution is 2.32. The van der Waals surface area contributed by atoms with Gasteiger partial charge in [-0.3, -0.25) is 14.6 Å². The quantitative estimate of drug-likeness (QED) is 0.904. The van der Waals surface area contributed by atoms with Crippen molar-refractivity contribution in [3.63, 3.8) is 0 Å². The minimum atomic E-state index is -0.104. The Kier molecular flexibility index (Phi) is 3.84. The van der Waals surface area contributed by atoms with E-state index in [0.717, 1.165) is 31.7 Å². The Hall–Kier alpha value is -2.57. The van der Waals surface area contributed by atoms with Crippen molar-refractivity contribution in [1.29, 1.82) is 0 Å². The summed E-state index contributed by atoms with van der Waals surface area (Å²) >= 11 is 0. The molecule has 0 bridgehead atoms. The molecule has 0 aromatic carbocycles. The lowest BCUT2D eigenvalue weighted by molar-refractivity contribution is -0.135. The topological polar surface area (TPSA) is 78.0 Å². The second kappa shape index (κ2) is 6.14. The highest BCUT2D eigenvalue weighted by atomic mass is 16.5. The van der Waals surface area contributed by atoms with Crippen molar-refractivity contribution in [3.05, 3.63) is 34.3 Å². The lowest BCUT2D eigenvalue weighted by Gasteiger charge is -2.28. The molecule has 0 spiro atoms. The second-order valence-electron chi connectivity index (χ2n) is 6.30. The summed E-state index contributed by atoms with van der Waals surface area (Å²) in [4.78, 5) is 35.3. The summed E-state index contributed by atoms with van der Waals surface area (Å²) in [5.41, 5.74) is 0.320. The van der Waals surface area contributed by atoms with Crippen LogP contribution in [0.25, 0.3) is 0 Å². The second-order valence-corrected chi connectivity index (χ2v) is 6.30. The van der Waals surface area contributed by atoms with Crippen molar-refractivity contribution >= 4 is 23.6 Å². The number of ether oxygens (including phenoxy) is 1. The molecule has 1 unspecified atom stereocenters. The summed E-state index contributed by atoms with van der Waals surface area (Å²) in [5, 5.41) is 0. The van der Waals surface area contributed by atoms with E-state index in [9.17, 15) is 9.59 Å². The molecule has 1 aromatic rings. The Morgan fingerprint density at radius 3 is 3.00 bits per heavy atom. The van der Waals surface area contributed by atoms with Crippen LogP contribution in [0.2, 0.25) is 0 Å². The number of carbonyl (C=O) groups excluding carboxylic acids is 1. The number of H-pyrrole nitrogens is 1. The summed E-state index contributed by atoms with van der Waals surface area (Å²) in [6.07, 6.45) is 8.65. The fraction of sp³-hybridized carbons (Fsp3) is 0.471. The smallest absolute Gasteiger partial charge is 0.260 e. The van der Waals surface area contributed by atoms with Gasteiger partial charge in [0.15, 0.2) is 12.3 Å². The number of fused-ring (bicyclic) bond motifs is 3. The van der Waals surface area contributed by atoms with Crippen LogP contribution in [0.3, 0.4) is 0 Å². The van der Waals surface area contributed by atoms with Gasteiger partial charge in [-0.2, -0.15) is 0 Å². The largest absolute Gasteiger partial charge is 0.486 e. The Labute approximate surface area is 139 Å². The maximum absolute atomic E-state index is 12.2. The van der Waals surface area contributed by atoms with Crippen LogP contribution in [0, 0.1) is 0 Å². The third-order valence-corrected chi connectivity index (χ3v) is 4.69. The zero-order chi connectivity index (χ0) is 16.5. The van der Waals surface area contributed by atoms with Crippen LogP contribution >= 0.6 is 0 Å². The maximum Gasteiger partial charge on any atom is 0.260 e. The number of pyridine rings is 1. The van der Waals surface area contributed by atoms with E-state index in [-0.39, 0.29) is 24.0 Å². The molecule has 1 fully saturated rings. The molecule has 7 nitrogen and oxygen atoms in total. The number of anilines is 1. The summed E-state index contributed by atoms with van der Waals surface area (Å²) in [6, 6.07) is 1.42. The van der Waals surface area contributed by atoms with E-state index in [4.69, 9.17) is 4.74 Å². The Morgan fingerprint density at radius 1 is 1.33 bits per heavy atom. The van der Waals surface area contributed by atoms with Gasteiger partial charge in [-0.15, -0.1) is 0 Å². The van der Waals surface area contributed by atoms with Crippen molar-refractivity contribution in [3.8, 4) is 0 Å². The lowest BCUT2D eigenvalue weighted by Crippen LogP contribution is -2.38. The van der Waals surface area contributed by atoms with Crippen LogP contribution in [-0.4, -0.2) is 54.3 Å². The maximum atomic E-state index is 12.2. The van der Waals surface area contributed by atoms with E-state index in [0.29, 0.717) is 18.1 Å². The molecule has 126 valence electrons. The molecule has 0 aliphatic carbocycles. The predicted octanol–water partition coefficient (Wildman–Crippen LogP) is 1.19. The van der Waals surface area contributed by atoms with Gasteiger partial charge in [-0.05, 0) is 25.3 Å². The van der Waals surface area contributed by atoms with Gasteiger partial charge in [0.25, 0.3) is 5.91 Å². The first kappa shape index (κ1) is 15.0. The van der Waals surface area contributed by atoms with E-state index in [1.807, 2.05) is 15.9 Å². The van der Waals surface area contributed by atoms with Crippen molar-refractivity contribution in [1.82, 2.24) is 9.88 Å². The molecular weight excluding hydrogens is 308 g/mol. The highest BCUT2D eigenvalue weighted by molar-refractivity contribution is 5.85. The number of hydrogen-bond acceptors (Lipinski definition) is 5. The normalized spacial score (nSPS) is 22.0. The molecule has 24 heavy (non-hydrogen) atoms. The molecule has 4 heterocycles. The predicted molar refractivity (Wildman–Crippen MR) is 90.8 cm³/mol. The number of nitrogens with zero attached hydrogens (tertiary/aromatic N) is 3. The highest BCUT2D eigenvalue weighted by Gasteiger charge is 2.31. The molecule has 1 amide bonds. The summed E-state index contributed by atoms with van der Waals surface area (Å²) in [6.45, 7) is 2.26. The minimum Gasteiger partial charge on any atom is -0.486 e. The molecule has 0 radical (unpaired) electrons. The Morgan fingerprint density at radius 2 is 2.17 bits per heavy atom. The van der Waals surface area contributed by atoms with Crippen LogP contribution in [0.1, 0.15) is 19.3 Å². The molecule has 3 aliphatic heterocycles. The van der Waals surface area contributed by atoms with Crippen molar-refractivity contribution in [2.75, 3.05) is 31.1 Å². The number of nitrogens with one attached hydrogen (secondary N) is 1. The number of hydrogen-bond donors (Lipinski definition) is 1. The van der Waals surface area contributed by atoms with E-state index in [1.165, 1.54) is 12.5 Å². The van der Waals surface area contributed by atoms with E-state index >= 15 is 0 Å². The standard InChI is InChI=1S/C17H20N4O3/c22-14-4-5-18-17-16(14)19-9-12-8-13(10-21(12)17)24-11-15(23)20-6-2-1-3-7-20/h4-5,8-9,12H,1-3,6-7,10-11H2,(H,18,22). The third kappa shape index (κ3) is 2.70. The number of aromatic nitrogens is 1. The van der Waals surface area contributed by atoms with Crippen LogP contribution in [0.4, 0.5) is 11.5 Å². The molecule has 3 aliphatic rings. The number of aromatic amines is 1. The Bertz CT molecular complexity index is 761. The zero-order valence-corrected chi connectivity index (χ0v) is 13.4. The summed E-state index contributed by atoms with van der Waals surface area (Å²) in [7, 11) is 0. The van der Waals surface area contributed by atoms with Crippen LogP contribution in [0.15, 0.2) is 33.9 Å². The van der Waals surface area contributed by atoms with Crippen molar-refractivity contribution < 1.29 is 9.53 Å². The van der Waals surface area contributed by atoms with Gasteiger partial charge in [0.1, 0.15) is 11.6 Å².